The van der Waals surface area contributed by atoms with Crippen LogP contribution >= 0.6 is 0 Å². The first-order valence-electron chi connectivity index (χ1n) is 6.89. The fourth-order valence-corrected chi connectivity index (χ4v) is 3.39. The summed E-state index contributed by atoms with van der Waals surface area (Å²) < 4.78 is 0. The van der Waals surface area contributed by atoms with E-state index in [-0.39, 0.29) is 11.7 Å². The van der Waals surface area contributed by atoms with Gasteiger partial charge in [-0.2, -0.15) is 0 Å². The van der Waals surface area contributed by atoms with E-state index in [0.717, 1.165) is 25.2 Å². The van der Waals surface area contributed by atoms with Gasteiger partial charge in [-0.15, -0.1) is 0 Å². The van der Waals surface area contributed by atoms with E-state index in [1.165, 1.54) is 0 Å². The van der Waals surface area contributed by atoms with Gasteiger partial charge in [0.2, 0.25) is 0 Å². The first-order chi connectivity index (χ1) is 9.08. The van der Waals surface area contributed by atoms with Crippen molar-refractivity contribution >= 4 is 5.91 Å². The van der Waals surface area contributed by atoms with Gasteiger partial charge in [0.1, 0.15) is 5.75 Å². The van der Waals surface area contributed by atoms with Crippen LogP contribution in [0.1, 0.15) is 22.8 Å². The summed E-state index contributed by atoms with van der Waals surface area (Å²) in [4.78, 5) is 14.6. The largest absolute Gasteiger partial charge is 0.508 e. The Morgan fingerprint density at radius 3 is 2.89 bits per heavy atom. The molecule has 19 heavy (non-hydrogen) atoms. The molecule has 0 saturated carbocycles. The minimum atomic E-state index is 0.0880. The number of rotatable bonds is 1. The predicted octanol–water partition coefficient (Wildman–Crippen LogP) is 1.38. The Morgan fingerprint density at radius 2 is 2.21 bits per heavy atom. The number of carbonyl (C=O) groups excluding carboxylic acids is 1. The molecule has 3 atom stereocenters. The van der Waals surface area contributed by atoms with Crippen LogP contribution < -0.4 is 5.32 Å². The second-order valence-corrected chi connectivity index (χ2v) is 5.78. The number of aryl methyl sites for hydroxylation is 1. The molecule has 1 aromatic carbocycles. The molecule has 1 aromatic rings. The first kappa shape index (κ1) is 12.5. The lowest BCUT2D eigenvalue weighted by Gasteiger charge is -2.24. The van der Waals surface area contributed by atoms with Crippen LogP contribution in [0.15, 0.2) is 18.2 Å². The van der Waals surface area contributed by atoms with Crippen LogP contribution in [-0.4, -0.2) is 41.6 Å². The summed E-state index contributed by atoms with van der Waals surface area (Å²) in [6.07, 6.45) is 0. The van der Waals surface area contributed by atoms with Crippen molar-refractivity contribution in [1.29, 1.82) is 0 Å². The molecule has 2 fully saturated rings. The Kier molecular flexibility index (Phi) is 2.97. The van der Waals surface area contributed by atoms with E-state index in [2.05, 4.69) is 12.2 Å². The summed E-state index contributed by atoms with van der Waals surface area (Å²) in [5.41, 5.74) is 1.43. The smallest absolute Gasteiger partial charge is 0.254 e. The third-order valence-electron chi connectivity index (χ3n) is 4.64. The minimum absolute atomic E-state index is 0.0880. The van der Waals surface area contributed by atoms with Crippen molar-refractivity contribution in [3.05, 3.63) is 29.3 Å². The van der Waals surface area contributed by atoms with Gasteiger partial charge in [-0.1, -0.05) is 0 Å². The van der Waals surface area contributed by atoms with Gasteiger partial charge in [-0.05, 0) is 49.4 Å². The van der Waals surface area contributed by atoms with Crippen molar-refractivity contribution in [2.45, 2.75) is 19.9 Å². The lowest BCUT2D eigenvalue weighted by Crippen LogP contribution is -2.38. The molecule has 3 rings (SSSR count). The monoisotopic (exact) mass is 260 g/mol. The Labute approximate surface area is 113 Å². The predicted molar refractivity (Wildman–Crippen MR) is 73.2 cm³/mol. The van der Waals surface area contributed by atoms with Gasteiger partial charge in [-0.25, -0.2) is 0 Å². The van der Waals surface area contributed by atoms with Crippen LogP contribution in [-0.2, 0) is 0 Å². The molecule has 0 radical (unpaired) electrons. The summed E-state index contributed by atoms with van der Waals surface area (Å²) in [6.45, 7) is 6.84. The van der Waals surface area contributed by atoms with Gasteiger partial charge in [-0.3, -0.25) is 4.79 Å². The molecule has 0 aromatic heterocycles. The average molecular weight is 260 g/mol. The zero-order valence-corrected chi connectivity index (χ0v) is 11.4. The first-order valence-corrected chi connectivity index (χ1v) is 6.89. The van der Waals surface area contributed by atoms with E-state index < -0.39 is 0 Å². The average Bonchev–Trinajstić information content (AvgIpc) is 2.95. The Bertz CT molecular complexity index is 515. The van der Waals surface area contributed by atoms with Gasteiger partial charge < -0.3 is 15.3 Å². The molecule has 0 spiro atoms. The molecule has 2 aliphatic rings. The van der Waals surface area contributed by atoms with Gasteiger partial charge in [0, 0.05) is 31.2 Å². The maximum atomic E-state index is 12.6. The highest BCUT2D eigenvalue weighted by atomic mass is 16.3. The number of carbonyl (C=O) groups is 1. The molecule has 2 saturated heterocycles. The van der Waals surface area contributed by atoms with Gasteiger partial charge >= 0.3 is 0 Å². The molecule has 2 aliphatic heterocycles. The number of nitrogens with one attached hydrogen (secondary N) is 1. The van der Waals surface area contributed by atoms with Crippen molar-refractivity contribution in [1.82, 2.24) is 10.2 Å². The summed E-state index contributed by atoms with van der Waals surface area (Å²) in [7, 11) is 0. The van der Waals surface area contributed by atoms with E-state index in [9.17, 15) is 9.90 Å². The number of phenols is 1. The van der Waals surface area contributed by atoms with E-state index in [1.807, 2.05) is 11.8 Å². The highest BCUT2D eigenvalue weighted by molar-refractivity contribution is 5.95. The summed E-state index contributed by atoms with van der Waals surface area (Å²) in [5.74, 6) is 1.51. The number of phenolic OH excluding ortho intramolecular Hbond substituents is 1. The number of hydrogen-bond acceptors (Lipinski definition) is 3. The van der Waals surface area contributed by atoms with Crippen LogP contribution in [0.4, 0.5) is 0 Å². The van der Waals surface area contributed by atoms with Gasteiger partial charge in [0.25, 0.3) is 5.91 Å². The molecule has 1 amide bonds. The number of amides is 1. The lowest BCUT2D eigenvalue weighted by molar-refractivity contribution is 0.0728. The molecular weight excluding hydrogens is 240 g/mol. The van der Waals surface area contributed by atoms with Crippen molar-refractivity contribution < 1.29 is 9.90 Å². The second-order valence-electron chi connectivity index (χ2n) is 5.78. The van der Waals surface area contributed by atoms with Crippen LogP contribution in [0, 0.1) is 18.8 Å². The Balaban J connectivity index is 1.82. The summed E-state index contributed by atoms with van der Waals surface area (Å²) in [5, 5.41) is 12.9. The van der Waals surface area contributed by atoms with E-state index >= 15 is 0 Å². The molecule has 4 heteroatoms. The van der Waals surface area contributed by atoms with Gasteiger partial charge in [0.05, 0.1) is 0 Å². The minimum Gasteiger partial charge on any atom is -0.508 e. The fraction of sp³-hybridized carbons (Fsp3) is 0.533. The van der Waals surface area contributed by atoms with Crippen molar-refractivity contribution in [2.75, 3.05) is 19.6 Å². The van der Waals surface area contributed by atoms with Crippen molar-refractivity contribution in [3.63, 3.8) is 0 Å². The number of aromatic hydroxyl groups is 1. The molecule has 102 valence electrons. The summed E-state index contributed by atoms with van der Waals surface area (Å²) in [6, 6.07) is 5.38. The van der Waals surface area contributed by atoms with Crippen LogP contribution in [0.5, 0.6) is 5.75 Å². The highest BCUT2D eigenvalue weighted by Gasteiger charge is 2.43. The molecule has 3 unspecified atom stereocenters. The van der Waals surface area contributed by atoms with E-state index in [0.29, 0.717) is 23.4 Å². The lowest BCUT2D eigenvalue weighted by atomic mass is 9.95. The Morgan fingerprint density at radius 1 is 1.42 bits per heavy atom. The van der Waals surface area contributed by atoms with Crippen LogP contribution in [0.2, 0.25) is 0 Å². The number of benzene rings is 1. The summed E-state index contributed by atoms with van der Waals surface area (Å²) >= 11 is 0. The number of likely N-dealkylation sites (tertiary alicyclic amines) is 1. The van der Waals surface area contributed by atoms with Crippen LogP contribution in [0.25, 0.3) is 0 Å². The maximum Gasteiger partial charge on any atom is 0.254 e. The van der Waals surface area contributed by atoms with E-state index in [1.54, 1.807) is 18.2 Å². The maximum absolute atomic E-state index is 12.6. The normalized spacial score (nSPS) is 29.6. The van der Waals surface area contributed by atoms with E-state index in [4.69, 9.17) is 0 Å². The third-order valence-corrected chi connectivity index (χ3v) is 4.64. The van der Waals surface area contributed by atoms with Crippen molar-refractivity contribution in [2.24, 2.45) is 11.8 Å². The second kappa shape index (κ2) is 4.53. The molecule has 2 N–H and O–H groups in total. The molecule has 4 nitrogen and oxygen atoms in total. The quantitative estimate of drug-likeness (QED) is 0.802. The third kappa shape index (κ3) is 2.00. The van der Waals surface area contributed by atoms with Crippen LogP contribution in [0.3, 0.4) is 0 Å². The topological polar surface area (TPSA) is 52.6 Å². The zero-order chi connectivity index (χ0) is 13.6. The fourth-order valence-electron chi connectivity index (χ4n) is 3.39. The molecule has 0 bridgehead atoms. The molecule has 2 heterocycles. The SMILES string of the molecule is Cc1cc(C(=O)N2CC3CNCC3C2C)ccc1O. The molecular formula is C15H20N2O2. The Hall–Kier alpha value is -1.55. The standard InChI is InChI=1S/C15H20N2O2/c1-9-5-11(3-4-14(9)18)15(19)17-8-12-6-16-7-13(12)10(17)2/h3-5,10,12-13,16,18H,6-8H2,1-2H3. The number of hydrogen-bond donors (Lipinski definition) is 2. The number of nitrogens with zero attached hydrogens (tertiary/aromatic N) is 1. The highest BCUT2D eigenvalue weighted by Crippen LogP contribution is 2.33. The van der Waals surface area contributed by atoms with Gasteiger partial charge in [0.15, 0.2) is 0 Å². The number of fused-ring (bicyclic) bond motifs is 1. The molecule has 0 aliphatic carbocycles. The zero-order valence-electron chi connectivity index (χ0n) is 11.4. The van der Waals surface area contributed by atoms with Crippen molar-refractivity contribution in [3.8, 4) is 5.75 Å².